The molecule has 0 bridgehead atoms. The molecule has 2 atom stereocenters. The number of ether oxygens (including phenoxy) is 1. The van der Waals surface area contributed by atoms with Gasteiger partial charge in [-0.05, 0) is 12.8 Å². The number of aliphatic hydroxyl groups excluding tert-OH is 1. The quantitative estimate of drug-likeness (QED) is 0.707. The largest absolute Gasteiger partial charge is 0.468 e. The van der Waals surface area contributed by atoms with Crippen molar-refractivity contribution in [3.63, 3.8) is 0 Å². The molecule has 0 aliphatic heterocycles. The number of rotatable bonds is 4. The molecule has 7 heteroatoms. The SMILES string of the molecule is COC(=O)CS(=O)(=O)N(C)C1CCCCC1O. The molecule has 0 spiro atoms. The summed E-state index contributed by atoms with van der Waals surface area (Å²) in [6, 6.07) is -0.432. The van der Waals surface area contributed by atoms with Crippen molar-refractivity contribution in [2.45, 2.75) is 37.8 Å². The molecule has 0 heterocycles. The average Bonchev–Trinajstić information content (AvgIpc) is 2.28. The Hall–Kier alpha value is -0.660. The number of hydrogen-bond acceptors (Lipinski definition) is 5. The van der Waals surface area contributed by atoms with E-state index >= 15 is 0 Å². The van der Waals surface area contributed by atoms with Gasteiger partial charge < -0.3 is 9.84 Å². The van der Waals surface area contributed by atoms with E-state index in [0.29, 0.717) is 12.8 Å². The molecule has 0 aromatic carbocycles. The minimum atomic E-state index is -3.71. The van der Waals surface area contributed by atoms with Gasteiger partial charge in [-0.2, -0.15) is 4.31 Å². The van der Waals surface area contributed by atoms with Crippen LogP contribution in [0.4, 0.5) is 0 Å². The second kappa shape index (κ2) is 5.79. The zero-order valence-electron chi connectivity index (χ0n) is 10.1. The number of hydrogen-bond donors (Lipinski definition) is 1. The predicted octanol–water partition coefficient (Wildman–Crippen LogP) is -0.275. The van der Waals surface area contributed by atoms with E-state index in [9.17, 15) is 18.3 Å². The van der Waals surface area contributed by atoms with Gasteiger partial charge in [0.05, 0.1) is 19.3 Å². The molecule has 0 radical (unpaired) electrons. The fourth-order valence-corrected chi connectivity index (χ4v) is 3.31. The molecule has 17 heavy (non-hydrogen) atoms. The fraction of sp³-hybridized carbons (Fsp3) is 0.900. The summed E-state index contributed by atoms with van der Waals surface area (Å²) >= 11 is 0. The summed E-state index contributed by atoms with van der Waals surface area (Å²) in [7, 11) is -1.16. The lowest BCUT2D eigenvalue weighted by Crippen LogP contribution is -2.47. The average molecular weight is 265 g/mol. The molecule has 1 rings (SSSR count). The zero-order valence-corrected chi connectivity index (χ0v) is 10.9. The van der Waals surface area contributed by atoms with Crippen LogP contribution in [-0.4, -0.2) is 55.9 Å². The van der Waals surface area contributed by atoms with Crippen molar-refractivity contribution >= 4 is 16.0 Å². The molecular weight excluding hydrogens is 246 g/mol. The molecule has 100 valence electrons. The summed E-state index contributed by atoms with van der Waals surface area (Å²) in [5, 5.41) is 9.77. The Morgan fingerprint density at radius 3 is 2.53 bits per heavy atom. The maximum atomic E-state index is 11.9. The van der Waals surface area contributed by atoms with Gasteiger partial charge in [0, 0.05) is 7.05 Å². The van der Waals surface area contributed by atoms with Crippen LogP contribution in [0.3, 0.4) is 0 Å². The Morgan fingerprint density at radius 1 is 1.41 bits per heavy atom. The molecule has 0 aromatic heterocycles. The van der Waals surface area contributed by atoms with E-state index in [-0.39, 0.29) is 0 Å². The van der Waals surface area contributed by atoms with Crippen molar-refractivity contribution in [2.24, 2.45) is 0 Å². The Kier molecular flexibility index (Phi) is 4.91. The Labute approximate surface area is 102 Å². The van der Waals surface area contributed by atoms with Crippen molar-refractivity contribution in [2.75, 3.05) is 19.9 Å². The first kappa shape index (κ1) is 14.4. The van der Waals surface area contributed by atoms with Gasteiger partial charge in [-0.1, -0.05) is 12.8 Å². The maximum Gasteiger partial charge on any atom is 0.322 e. The van der Waals surface area contributed by atoms with E-state index in [1.807, 2.05) is 0 Å². The standard InChI is InChI=1S/C10H19NO5S/c1-11(8-5-3-4-6-9(8)12)17(14,15)7-10(13)16-2/h8-9,12H,3-7H2,1-2H3. The summed E-state index contributed by atoms with van der Waals surface area (Å²) < 4.78 is 29.2. The minimum Gasteiger partial charge on any atom is -0.468 e. The highest BCUT2D eigenvalue weighted by atomic mass is 32.2. The van der Waals surface area contributed by atoms with E-state index in [1.54, 1.807) is 0 Å². The van der Waals surface area contributed by atoms with Crippen molar-refractivity contribution in [3.8, 4) is 0 Å². The van der Waals surface area contributed by atoms with Crippen molar-refractivity contribution in [1.82, 2.24) is 4.31 Å². The molecule has 1 aliphatic carbocycles. The van der Waals surface area contributed by atoms with Gasteiger partial charge in [0.1, 0.15) is 0 Å². The van der Waals surface area contributed by atoms with Crippen LogP contribution in [0.25, 0.3) is 0 Å². The summed E-state index contributed by atoms with van der Waals surface area (Å²) in [6.45, 7) is 0. The van der Waals surface area contributed by atoms with Gasteiger partial charge in [-0.3, -0.25) is 4.79 Å². The molecule has 6 nitrogen and oxygen atoms in total. The van der Waals surface area contributed by atoms with E-state index in [2.05, 4.69) is 4.74 Å². The summed E-state index contributed by atoms with van der Waals surface area (Å²) in [4.78, 5) is 11.0. The normalized spacial score (nSPS) is 25.9. The van der Waals surface area contributed by atoms with Crippen LogP contribution in [0.5, 0.6) is 0 Å². The Morgan fingerprint density at radius 2 is 2.00 bits per heavy atom. The van der Waals surface area contributed by atoms with Crippen LogP contribution >= 0.6 is 0 Å². The van der Waals surface area contributed by atoms with E-state index < -0.39 is 33.9 Å². The minimum absolute atomic E-state index is 0.432. The molecule has 0 saturated heterocycles. The van der Waals surface area contributed by atoms with Crippen LogP contribution < -0.4 is 0 Å². The highest BCUT2D eigenvalue weighted by Crippen LogP contribution is 2.24. The molecule has 0 aromatic rings. The van der Waals surface area contributed by atoms with Crippen LogP contribution in [0.2, 0.25) is 0 Å². The fourth-order valence-electron chi connectivity index (χ4n) is 2.03. The number of methoxy groups -OCH3 is 1. The first-order chi connectivity index (χ1) is 7.88. The van der Waals surface area contributed by atoms with E-state index in [0.717, 1.165) is 24.3 Å². The molecular formula is C10H19NO5S. The number of nitrogens with zero attached hydrogens (tertiary/aromatic N) is 1. The number of esters is 1. The van der Waals surface area contributed by atoms with Gasteiger partial charge in [0.25, 0.3) is 0 Å². The summed E-state index contributed by atoms with van der Waals surface area (Å²) in [6.07, 6.45) is 2.37. The van der Waals surface area contributed by atoms with Crippen LogP contribution in [0.15, 0.2) is 0 Å². The second-order valence-corrected chi connectivity index (χ2v) is 6.30. The van der Waals surface area contributed by atoms with E-state index in [4.69, 9.17) is 0 Å². The second-order valence-electron chi connectivity index (χ2n) is 4.27. The third-order valence-corrected chi connectivity index (χ3v) is 4.88. The lowest BCUT2D eigenvalue weighted by atomic mass is 9.93. The monoisotopic (exact) mass is 265 g/mol. The molecule has 1 aliphatic rings. The maximum absolute atomic E-state index is 11.9. The van der Waals surface area contributed by atoms with Gasteiger partial charge in [0.2, 0.25) is 10.0 Å². The molecule has 0 amide bonds. The topological polar surface area (TPSA) is 83.9 Å². The molecule has 1 fully saturated rings. The number of carbonyl (C=O) groups is 1. The van der Waals surface area contributed by atoms with Crippen molar-refractivity contribution in [3.05, 3.63) is 0 Å². The third kappa shape index (κ3) is 3.65. The number of likely N-dealkylation sites (N-methyl/N-ethyl adjacent to an activating group) is 1. The zero-order chi connectivity index (χ0) is 13.1. The van der Waals surface area contributed by atoms with Crippen molar-refractivity contribution in [1.29, 1.82) is 0 Å². The third-order valence-electron chi connectivity index (χ3n) is 3.13. The molecule has 1 saturated carbocycles. The number of aliphatic hydroxyl groups is 1. The van der Waals surface area contributed by atoms with E-state index in [1.165, 1.54) is 7.05 Å². The van der Waals surface area contributed by atoms with Gasteiger partial charge in [-0.15, -0.1) is 0 Å². The summed E-state index contributed by atoms with van der Waals surface area (Å²) in [5.74, 6) is -1.47. The van der Waals surface area contributed by atoms with Crippen molar-refractivity contribution < 1.29 is 23.1 Å². The summed E-state index contributed by atoms with van der Waals surface area (Å²) in [5.41, 5.74) is 0. The van der Waals surface area contributed by atoms with Gasteiger partial charge >= 0.3 is 5.97 Å². The van der Waals surface area contributed by atoms with Gasteiger partial charge in [-0.25, -0.2) is 8.42 Å². The predicted molar refractivity (Wildman–Crippen MR) is 61.8 cm³/mol. The lowest BCUT2D eigenvalue weighted by molar-refractivity contribution is -0.137. The number of sulfonamides is 1. The molecule has 2 unspecified atom stereocenters. The first-order valence-electron chi connectivity index (χ1n) is 5.59. The van der Waals surface area contributed by atoms with Gasteiger partial charge in [0.15, 0.2) is 5.75 Å². The Balaban J connectivity index is 2.73. The van der Waals surface area contributed by atoms with Crippen LogP contribution in [0.1, 0.15) is 25.7 Å². The van der Waals surface area contributed by atoms with Crippen LogP contribution in [-0.2, 0) is 19.6 Å². The smallest absolute Gasteiger partial charge is 0.322 e. The lowest BCUT2D eigenvalue weighted by Gasteiger charge is -2.34. The number of carbonyl (C=O) groups excluding carboxylic acids is 1. The highest BCUT2D eigenvalue weighted by Gasteiger charge is 2.34. The Bertz CT molecular complexity index is 367. The first-order valence-corrected chi connectivity index (χ1v) is 7.20. The molecule has 1 N–H and O–H groups in total. The highest BCUT2D eigenvalue weighted by molar-refractivity contribution is 7.89. The van der Waals surface area contributed by atoms with Crippen LogP contribution in [0, 0.1) is 0 Å².